The second-order valence-corrected chi connectivity index (χ2v) is 13.6. The molecule has 1 nitrogen and oxygen atoms in total. The maximum atomic E-state index is 2.44. The van der Waals surface area contributed by atoms with Gasteiger partial charge in [0.15, 0.2) is 0 Å². The lowest BCUT2D eigenvalue weighted by Gasteiger charge is -2.28. The maximum absolute atomic E-state index is 2.44. The highest BCUT2D eigenvalue weighted by Gasteiger charge is 2.19. The van der Waals surface area contributed by atoms with Gasteiger partial charge in [-0.15, -0.1) is 11.3 Å². The molecule has 48 heavy (non-hydrogen) atoms. The van der Waals surface area contributed by atoms with Gasteiger partial charge in [-0.3, -0.25) is 0 Å². The van der Waals surface area contributed by atoms with Crippen LogP contribution in [0.2, 0.25) is 0 Å². The minimum atomic E-state index is 1.13. The molecule has 0 unspecified atom stereocenters. The molecule has 1 heterocycles. The van der Waals surface area contributed by atoms with E-state index in [4.69, 9.17) is 0 Å². The molecule has 0 bridgehead atoms. The summed E-state index contributed by atoms with van der Waals surface area (Å²) in [5.41, 5.74) is 5.86. The Hall–Kier alpha value is -5.96. The first kappa shape index (κ1) is 27.2. The molecule has 0 N–H and O–H groups in total. The highest BCUT2D eigenvalue weighted by molar-refractivity contribution is 7.26. The standard InChI is InChI=1S/C46H29NS/c1-2-10-30(11-3-1)31-20-23-35(24-21-31)47(36-25-27-38-33(28-36)22-26-42-40-15-8-9-17-44(40)48-46(38)42)43-29-34-19-18-32-12-4-5-13-37(32)45(34)41-16-7-6-14-39(41)43/h1-29H. The zero-order valence-electron chi connectivity index (χ0n) is 26.1. The van der Waals surface area contributed by atoms with Gasteiger partial charge in [0, 0.05) is 36.9 Å². The summed E-state index contributed by atoms with van der Waals surface area (Å²) in [5, 5.41) is 12.8. The molecule has 2 heteroatoms. The molecule has 1 aromatic heterocycles. The summed E-state index contributed by atoms with van der Waals surface area (Å²) < 4.78 is 2.68. The summed E-state index contributed by atoms with van der Waals surface area (Å²) in [6.07, 6.45) is 0. The van der Waals surface area contributed by atoms with Crippen molar-refractivity contribution in [3.05, 3.63) is 176 Å². The van der Waals surface area contributed by atoms with Gasteiger partial charge in [-0.2, -0.15) is 0 Å². The van der Waals surface area contributed by atoms with Crippen molar-refractivity contribution < 1.29 is 0 Å². The van der Waals surface area contributed by atoms with Gasteiger partial charge < -0.3 is 4.90 Å². The molecule has 0 aliphatic carbocycles. The molecule has 0 fully saturated rings. The van der Waals surface area contributed by atoms with Gasteiger partial charge in [-0.25, -0.2) is 0 Å². The number of hydrogen-bond acceptors (Lipinski definition) is 2. The highest BCUT2D eigenvalue weighted by Crippen LogP contribution is 2.45. The largest absolute Gasteiger partial charge is 0.310 e. The quantitative estimate of drug-likeness (QED) is 0.176. The fourth-order valence-corrected chi connectivity index (χ4v) is 8.78. The van der Waals surface area contributed by atoms with Crippen molar-refractivity contribution in [2.45, 2.75) is 0 Å². The minimum Gasteiger partial charge on any atom is -0.310 e. The van der Waals surface area contributed by atoms with Gasteiger partial charge in [-0.1, -0.05) is 140 Å². The molecule has 9 aromatic carbocycles. The molecule has 0 saturated carbocycles. The molecule has 0 aliphatic rings. The van der Waals surface area contributed by atoms with Crippen LogP contribution in [0.1, 0.15) is 0 Å². The van der Waals surface area contributed by atoms with E-state index in [-0.39, 0.29) is 0 Å². The first-order chi connectivity index (χ1) is 23.8. The molecule has 0 spiro atoms. The van der Waals surface area contributed by atoms with E-state index in [1.165, 1.54) is 80.1 Å². The van der Waals surface area contributed by atoms with Crippen molar-refractivity contribution in [2.24, 2.45) is 0 Å². The van der Waals surface area contributed by atoms with Crippen LogP contribution >= 0.6 is 11.3 Å². The van der Waals surface area contributed by atoms with Crippen LogP contribution < -0.4 is 4.90 Å². The lowest BCUT2D eigenvalue weighted by molar-refractivity contribution is 1.31. The average molecular weight is 628 g/mol. The third-order valence-corrected chi connectivity index (χ3v) is 11.0. The summed E-state index contributed by atoms with van der Waals surface area (Å²) in [4.78, 5) is 2.44. The molecule has 224 valence electrons. The van der Waals surface area contributed by atoms with Gasteiger partial charge in [0.05, 0.1) is 5.69 Å². The van der Waals surface area contributed by atoms with Gasteiger partial charge in [0.2, 0.25) is 0 Å². The lowest BCUT2D eigenvalue weighted by atomic mass is 9.94. The van der Waals surface area contributed by atoms with Crippen LogP contribution in [0.25, 0.3) is 74.4 Å². The first-order valence-electron chi connectivity index (χ1n) is 16.4. The van der Waals surface area contributed by atoms with Crippen molar-refractivity contribution in [3.8, 4) is 11.1 Å². The smallest absolute Gasteiger partial charge is 0.0546 e. The van der Waals surface area contributed by atoms with E-state index in [2.05, 4.69) is 181 Å². The molecule has 0 aliphatic heterocycles. The molecule has 10 rings (SSSR count). The van der Waals surface area contributed by atoms with Gasteiger partial charge >= 0.3 is 0 Å². The summed E-state index contributed by atoms with van der Waals surface area (Å²) in [7, 11) is 0. The fourth-order valence-electron chi connectivity index (χ4n) is 7.54. The Morgan fingerprint density at radius 3 is 1.83 bits per heavy atom. The van der Waals surface area contributed by atoms with Crippen molar-refractivity contribution >= 4 is 91.7 Å². The molecular weight excluding hydrogens is 599 g/mol. The van der Waals surface area contributed by atoms with Crippen molar-refractivity contribution in [1.82, 2.24) is 0 Å². The lowest BCUT2D eigenvalue weighted by Crippen LogP contribution is -2.10. The van der Waals surface area contributed by atoms with Crippen LogP contribution in [0.4, 0.5) is 17.1 Å². The van der Waals surface area contributed by atoms with Gasteiger partial charge in [-0.05, 0) is 85.2 Å². The zero-order valence-corrected chi connectivity index (χ0v) is 26.9. The normalized spacial score (nSPS) is 11.8. The van der Waals surface area contributed by atoms with Crippen LogP contribution in [0.15, 0.2) is 176 Å². The average Bonchev–Trinajstić information content (AvgIpc) is 3.54. The minimum absolute atomic E-state index is 1.13. The zero-order chi connectivity index (χ0) is 31.6. The fraction of sp³-hybridized carbons (Fsp3) is 0. The van der Waals surface area contributed by atoms with Crippen molar-refractivity contribution in [3.63, 3.8) is 0 Å². The van der Waals surface area contributed by atoms with E-state index in [0.717, 1.165) is 11.4 Å². The van der Waals surface area contributed by atoms with E-state index in [1.807, 2.05) is 11.3 Å². The number of nitrogens with zero attached hydrogens (tertiary/aromatic N) is 1. The monoisotopic (exact) mass is 627 g/mol. The summed E-state index contributed by atoms with van der Waals surface area (Å²) >= 11 is 1.89. The Morgan fingerprint density at radius 2 is 0.979 bits per heavy atom. The summed E-state index contributed by atoms with van der Waals surface area (Å²) in [6, 6.07) is 64.5. The number of benzene rings is 9. The van der Waals surface area contributed by atoms with Gasteiger partial charge in [0.1, 0.15) is 0 Å². The Balaban J connectivity index is 1.23. The van der Waals surface area contributed by atoms with Crippen LogP contribution in [0.3, 0.4) is 0 Å². The third-order valence-electron chi connectivity index (χ3n) is 9.80. The summed E-state index contributed by atoms with van der Waals surface area (Å²) in [5.74, 6) is 0. The summed E-state index contributed by atoms with van der Waals surface area (Å²) in [6.45, 7) is 0. The number of thiophene rings is 1. The van der Waals surface area contributed by atoms with Crippen molar-refractivity contribution in [1.29, 1.82) is 0 Å². The number of fused-ring (bicyclic) bond motifs is 10. The number of rotatable bonds is 4. The highest BCUT2D eigenvalue weighted by atomic mass is 32.1. The van der Waals surface area contributed by atoms with Crippen LogP contribution in [0, 0.1) is 0 Å². The molecule has 0 atom stereocenters. The Bertz CT molecular complexity index is 2830. The molecule has 0 amide bonds. The van der Waals surface area contributed by atoms with Crippen LogP contribution in [0.5, 0.6) is 0 Å². The second-order valence-electron chi connectivity index (χ2n) is 12.5. The Kier molecular flexibility index (Phi) is 6.12. The molecule has 10 aromatic rings. The number of hydrogen-bond donors (Lipinski definition) is 0. The SMILES string of the molecule is c1ccc(-c2ccc(N(c3ccc4c(ccc5c6ccccc6sc45)c3)c3cc4ccc5ccccc5c4c4ccccc34)cc2)cc1. The van der Waals surface area contributed by atoms with E-state index in [0.29, 0.717) is 0 Å². The predicted octanol–water partition coefficient (Wildman–Crippen LogP) is 13.8. The topological polar surface area (TPSA) is 3.24 Å². The number of anilines is 3. The van der Waals surface area contributed by atoms with E-state index in [9.17, 15) is 0 Å². The third kappa shape index (κ3) is 4.24. The first-order valence-corrected chi connectivity index (χ1v) is 17.2. The second kappa shape index (κ2) is 10.8. The Labute approximate surface area is 282 Å². The van der Waals surface area contributed by atoms with E-state index in [1.54, 1.807) is 0 Å². The maximum Gasteiger partial charge on any atom is 0.0546 e. The molecular formula is C46H29NS. The van der Waals surface area contributed by atoms with E-state index >= 15 is 0 Å². The van der Waals surface area contributed by atoms with E-state index < -0.39 is 0 Å². The molecule has 0 saturated heterocycles. The Morgan fingerprint density at radius 1 is 0.354 bits per heavy atom. The van der Waals surface area contributed by atoms with Crippen molar-refractivity contribution in [2.75, 3.05) is 4.90 Å². The van der Waals surface area contributed by atoms with Crippen LogP contribution in [-0.4, -0.2) is 0 Å². The predicted molar refractivity (Wildman–Crippen MR) is 209 cm³/mol. The molecule has 0 radical (unpaired) electrons. The van der Waals surface area contributed by atoms with Gasteiger partial charge in [0.25, 0.3) is 0 Å². The van der Waals surface area contributed by atoms with Crippen LogP contribution in [-0.2, 0) is 0 Å².